The van der Waals surface area contributed by atoms with Crippen molar-refractivity contribution in [2.75, 3.05) is 18.4 Å². The molecule has 0 aliphatic heterocycles. The SMILES string of the molecule is CCCN(CC(=O)Nc1ccccc1C)C(=O)C(CC)CC. The van der Waals surface area contributed by atoms with Gasteiger partial charge in [0.05, 0.1) is 6.54 Å². The van der Waals surface area contributed by atoms with Gasteiger partial charge >= 0.3 is 0 Å². The van der Waals surface area contributed by atoms with E-state index in [2.05, 4.69) is 5.32 Å². The first kappa shape index (κ1) is 18.2. The molecule has 1 aromatic rings. The second kappa shape index (κ2) is 9.23. The van der Waals surface area contributed by atoms with Crippen LogP contribution in [0.2, 0.25) is 0 Å². The van der Waals surface area contributed by atoms with E-state index in [1.807, 2.05) is 52.0 Å². The molecule has 4 nitrogen and oxygen atoms in total. The number of hydrogen-bond acceptors (Lipinski definition) is 2. The molecule has 0 atom stereocenters. The molecule has 0 radical (unpaired) electrons. The summed E-state index contributed by atoms with van der Waals surface area (Å²) < 4.78 is 0. The summed E-state index contributed by atoms with van der Waals surface area (Å²) in [6.45, 7) is 8.75. The molecule has 2 amide bonds. The second-order valence-corrected chi connectivity index (χ2v) is 5.64. The monoisotopic (exact) mass is 304 g/mol. The van der Waals surface area contributed by atoms with E-state index in [1.165, 1.54) is 0 Å². The number of rotatable bonds is 8. The fourth-order valence-corrected chi connectivity index (χ4v) is 2.51. The molecular weight excluding hydrogens is 276 g/mol. The molecule has 0 saturated carbocycles. The topological polar surface area (TPSA) is 49.4 Å². The number of carbonyl (C=O) groups is 2. The Kier molecular flexibility index (Phi) is 7.64. The van der Waals surface area contributed by atoms with Crippen molar-refractivity contribution in [2.24, 2.45) is 5.92 Å². The van der Waals surface area contributed by atoms with Crippen LogP contribution in [0.1, 0.15) is 45.6 Å². The fraction of sp³-hybridized carbons (Fsp3) is 0.556. The lowest BCUT2D eigenvalue weighted by atomic mass is 10.0. The van der Waals surface area contributed by atoms with Gasteiger partial charge in [0.1, 0.15) is 0 Å². The van der Waals surface area contributed by atoms with E-state index in [-0.39, 0.29) is 24.3 Å². The highest BCUT2D eigenvalue weighted by molar-refractivity contribution is 5.95. The van der Waals surface area contributed by atoms with Gasteiger partial charge in [-0.25, -0.2) is 0 Å². The predicted molar refractivity (Wildman–Crippen MR) is 90.8 cm³/mol. The molecule has 22 heavy (non-hydrogen) atoms. The molecule has 1 N–H and O–H groups in total. The van der Waals surface area contributed by atoms with Crippen LogP contribution < -0.4 is 5.32 Å². The molecular formula is C18H28N2O2. The van der Waals surface area contributed by atoms with E-state index < -0.39 is 0 Å². The molecule has 0 saturated heterocycles. The number of nitrogens with one attached hydrogen (secondary N) is 1. The van der Waals surface area contributed by atoms with Gasteiger partial charge in [0, 0.05) is 18.2 Å². The summed E-state index contributed by atoms with van der Waals surface area (Å²) in [6, 6.07) is 7.65. The number of hydrogen-bond donors (Lipinski definition) is 1. The van der Waals surface area contributed by atoms with Crippen LogP contribution in [-0.2, 0) is 9.59 Å². The number of benzene rings is 1. The van der Waals surface area contributed by atoms with Gasteiger partial charge in [0.25, 0.3) is 0 Å². The van der Waals surface area contributed by atoms with Crippen molar-refractivity contribution < 1.29 is 9.59 Å². The average Bonchev–Trinajstić information content (AvgIpc) is 2.50. The highest BCUT2D eigenvalue weighted by Gasteiger charge is 2.22. The minimum Gasteiger partial charge on any atom is -0.333 e. The maximum atomic E-state index is 12.5. The zero-order valence-corrected chi connectivity index (χ0v) is 14.2. The van der Waals surface area contributed by atoms with Crippen LogP contribution in [0.3, 0.4) is 0 Å². The van der Waals surface area contributed by atoms with Crippen LogP contribution >= 0.6 is 0 Å². The molecule has 0 aromatic heterocycles. The maximum Gasteiger partial charge on any atom is 0.244 e. The van der Waals surface area contributed by atoms with Crippen LogP contribution in [0.4, 0.5) is 5.69 Å². The first-order chi connectivity index (χ1) is 10.5. The van der Waals surface area contributed by atoms with Crippen molar-refractivity contribution in [3.05, 3.63) is 29.8 Å². The summed E-state index contributed by atoms with van der Waals surface area (Å²) >= 11 is 0. The van der Waals surface area contributed by atoms with E-state index in [0.29, 0.717) is 6.54 Å². The molecule has 0 heterocycles. The Balaban J connectivity index is 2.72. The third kappa shape index (κ3) is 5.17. The van der Waals surface area contributed by atoms with Crippen LogP contribution in [0.5, 0.6) is 0 Å². The minimum absolute atomic E-state index is 0.0119. The summed E-state index contributed by atoms with van der Waals surface area (Å²) in [5.41, 5.74) is 1.82. The first-order valence-electron chi connectivity index (χ1n) is 8.17. The van der Waals surface area contributed by atoms with E-state index in [4.69, 9.17) is 0 Å². The van der Waals surface area contributed by atoms with E-state index >= 15 is 0 Å². The highest BCUT2D eigenvalue weighted by Crippen LogP contribution is 2.15. The lowest BCUT2D eigenvalue weighted by Gasteiger charge is -2.25. The Bertz CT molecular complexity index is 496. The quantitative estimate of drug-likeness (QED) is 0.797. The molecule has 122 valence electrons. The Hall–Kier alpha value is -1.84. The van der Waals surface area contributed by atoms with Crippen molar-refractivity contribution in [1.29, 1.82) is 0 Å². The molecule has 0 fully saturated rings. The Morgan fingerprint density at radius 2 is 1.77 bits per heavy atom. The van der Waals surface area contributed by atoms with Crippen molar-refractivity contribution in [2.45, 2.75) is 47.0 Å². The smallest absolute Gasteiger partial charge is 0.244 e. The van der Waals surface area contributed by atoms with Gasteiger partial charge in [-0.3, -0.25) is 9.59 Å². The summed E-state index contributed by atoms with van der Waals surface area (Å²) in [5.74, 6) is -0.0355. The highest BCUT2D eigenvalue weighted by atomic mass is 16.2. The Morgan fingerprint density at radius 3 is 2.32 bits per heavy atom. The summed E-state index contributed by atoms with van der Waals surface area (Å²) in [4.78, 5) is 26.4. The van der Waals surface area contributed by atoms with Gasteiger partial charge in [-0.2, -0.15) is 0 Å². The summed E-state index contributed by atoms with van der Waals surface area (Å²) in [7, 11) is 0. The van der Waals surface area contributed by atoms with Crippen molar-refractivity contribution in [1.82, 2.24) is 4.90 Å². The summed E-state index contributed by atoms with van der Waals surface area (Å²) in [6.07, 6.45) is 2.48. The lowest BCUT2D eigenvalue weighted by molar-refractivity contribution is -0.138. The number of para-hydroxylation sites is 1. The molecule has 0 aliphatic carbocycles. The minimum atomic E-state index is -0.137. The van der Waals surface area contributed by atoms with Gasteiger partial charge in [-0.1, -0.05) is 39.0 Å². The molecule has 0 bridgehead atoms. The average molecular weight is 304 g/mol. The lowest BCUT2D eigenvalue weighted by Crippen LogP contribution is -2.41. The zero-order chi connectivity index (χ0) is 16.5. The zero-order valence-electron chi connectivity index (χ0n) is 14.2. The van der Waals surface area contributed by atoms with Crippen LogP contribution in [-0.4, -0.2) is 29.8 Å². The van der Waals surface area contributed by atoms with Crippen molar-refractivity contribution in [3.63, 3.8) is 0 Å². The maximum absolute atomic E-state index is 12.5. The van der Waals surface area contributed by atoms with Gasteiger partial charge in [0.15, 0.2) is 0 Å². The van der Waals surface area contributed by atoms with Gasteiger partial charge in [0.2, 0.25) is 11.8 Å². The summed E-state index contributed by atoms with van der Waals surface area (Å²) in [5, 5.41) is 2.90. The Morgan fingerprint density at radius 1 is 1.14 bits per heavy atom. The third-order valence-electron chi connectivity index (χ3n) is 3.89. The molecule has 0 aliphatic rings. The van der Waals surface area contributed by atoms with Gasteiger partial charge < -0.3 is 10.2 Å². The predicted octanol–water partition coefficient (Wildman–Crippen LogP) is 3.61. The van der Waals surface area contributed by atoms with Gasteiger partial charge in [-0.15, -0.1) is 0 Å². The number of aryl methyl sites for hydroxylation is 1. The number of carbonyl (C=O) groups excluding carboxylic acids is 2. The third-order valence-corrected chi connectivity index (χ3v) is 3.89. The first-order valence-corrected chi connectivity index (χ1v) is 8.17. The molecule has 0 spiro atoms. The fourth-order valence-electron chi connectivity index (χ4n) is 2.51. The van der Waals surface area contributed by atoms with Crippen LogP contribution in [0, 0.1) is 12.8 Å². The number of anilines is 1. The largest absolute Gasteiger partial charge is 0.333 e. The van der Waals surface area contributed by atoms with Crippen molar-refractivity contribution >= 4 is 17.5 Å². The van der Waals surface area contributed by atoms with Crippen molar-refractivity contribution in [3.8, 4) is 0 Å². The van der Waals surface area contributed by atoms with Crippen LogP contribution in [0.15, 0.2) is 24.3 Å². The molecule has 0 unspecified atom stereocenters. The number of nitrogens with zero attached hydrogens (tertiary/aromatic N) is 1. The molecule has 1 rings (SSSR count). The standard InChI is InChI=1S/C18H28N2O2/c1-5-12-20(18(22)15(6-2)7-3)13-17(21)19-16-11-9-8-10-14(16)4/h8-11,15H,5-7,12-13H2,1-4H3,(H,19,21). The number of amides is 2. The second-order valence-electron chi connectivity index (χ2n) is 5.64. The molecule has 4 heteroatoms. The van der Waals surface area contributed by atoms with E-state index in [1.54, 1.807) is 4.90 Å². The van der Waals surface area contributed by atoms with Gasteiger partial charge in [-0.05, 0) is 37.8 Å². The molecule has 1 aromatic carbocycles. The van der Waals surface area contributed by atoms with Crippen LogP contribution in [0.25, 0.3) is 0 Å². The Labute approximate surface area is 133 Å². The van der Waals surface area contributed by atoms with E-state index in [9.17, 15) is 9.59 Å². The normalized spacial score (nSPS) is 10.6. The van der Waals surface area contributed by atoms with E-state index in [0.717, 1.165) is 30.5 Å².